The lowest BCUT2D eigenvalue weighted by Gasteiger charge is -2.02. The van der Waals surface area contributed by atoms with Crippen LogP contribution in [0.4, 0.5) is 5.69 Å². The molecule has 0 amide bonds. The summed E-state index contributed by atoms with van der Waals surface area (Å²) < 4.78 is 5.05. The molecule has 0 aliphatic carbocycles. The van der Waals surface area contributed by atoms with Crippen molar-refractivity contribution in [3.8, 4) is 0 Å². The van der Waals surface area contributed by atoms with E-state index in [4.69, 9.17) is 10.2 Å². The first kappa shape index (κ1) is 8.81. The van der Waals surface area contributed by atoms with Gasteiger partial charge in [0.15, 0.2) is 0 Å². The zero-order valence-corrected chi connectivity index (χ0v) is 7.91. The van der Waals surface area contributed by atoms with E-state index in [-0.39, 0.29) is 5.63 Å². The van der Waals surface area contributed by atoms with Crippen molar-refractivity contribution in [1.82, 2.24) is 0 Å². The molecule has 0 saturated heterocycles. The smallest absolute Gasteiger partial charge is 0.336 e. The monoisotopic (exact) mass is 189 g/mol. The van der Waals surface area contributed by atoms with E-state index >= 15 is 0 Å². The van der Waals surface area contributed by atoms with Gasteiger partial charge in [-0.3, -0.25) is 0 Å². The second-order valence-electron chi connectivity index (χ2n) is 3.20. The number of hydrogen-bond donors (Lipinski definition) is 1. The molecule has 2 aromatic rings. The minimum atomic E-state index is -0.319. The maximum Gasteiger partial charge on any atom is 0.336 e. The Bertz CT molecular complexity index is 528. The first-order valence-electron chi connectivity index (χ1n) is 4.53. The van der Waals surface area contributed by atoms with Crippen LogP contribution in [0.3, 0.4) is 0 Å². The lowest BCUT2D eigenvalue weighted by Crippen LogP contribution is -2.00. The maximum atomic E-state index is 11.2. The van der Waals surface area contributed by atoms with Crippen LogP contribution >= 0.6 is 0 Å². The third kappa shape index (κ3) is 1.37. The van der Waals surface area contributed by atoms with Crippen LogP contribution in [-0.2, 0) is 6.42 Å². The minimum Gasteiger partial charge on any atom is -0.423 e. The van der Waals surface area contributed by atoms with Crippen molar-refractivity contribution in [2.45, 2.75) is 13.3 Å². The molecule has 1 aromatic heterocycles. The molecule has 14 heavy (non-hydrogen) atoms. The van der Waals surface area contributed by atoms with E-state index in [1.54, 1.807) is 6.07 Å². The van der Waals surface area contributed by atoms with E-state index < -0.39 is 0 Å². The number of fused-ring (bicyclic) bond motifs is 1. The molecule has 2 rings (SSSR count). The van der Waals surface area contributed by atoms with Crippen molar-refractivity contribution in [1.29, 1.82) is 0 Å². The van der Waals surface area contributed by atoms with Gasteiger partial charge in [0.2, 0.25) is 0 Å². The highest BCUT2D eigenvalue weighted by atomic mass is 16.4. The molecule has 0 aliphatic heterocycles. The molecule has 3 heteroatoms. The highest BCUT2D eigenvalue weighted by Crippen LogP contribution is 2.19. The molecule has 0 radical (unpaired) electrons. The molecule has 2 N–H and O–H groups in total. The summed E-state index contributed by atoms with van der Waals surface area (Å²) in [6.45, 7) is 2.00. The largest absolute Gasteiger partial charge is 0.423 e. The van der Waals surface area contributed by atoms with E-state index in [1.807, 2.05) is 19.1 Å². The lowest BCUT2D eigenvalue weighted by molar-refractivity contribution is 0.559. The average Bonchev–Trinajstić information content (AvgIpc) is 2.15. The summed E-state index contributed by atoms with van der Waals surface area (Å²) in [7, 11) is 0. The summed E-state index contributed by atoms with van der Waals surface area (Å²) in [5, 5.41) is 0.960. The molecule has 0 fully saturated rings. The normalized spacial score (nSPS) is 10.6. The Labute approximate surface area is 81.1 Å². The van der Waals surface area contributed by atoms with Crippen LogP contribution in [0.5, 0.6) is 0 Å². The minimum absolute atomic E-state index is 0.319. The number of rotatable bonds is 1. The van der Waals surface area contributed by atoms with Gasteiger partial charge in [-0.15, -0.1) is 0 Å². The Balaban J connectivity index is 2.87. The van der Waals surface area contributed by atoms with Gasteiger partial charge in [-0.05, 0) is 24.1 Å². The van der Waals surface area contributed by atoms with Gasteiger partial charge in [0.1, 0.15) is 5.58 Å². The van der Waals surface area contributed by atoms with Crippen molar-refractivity contribution in [3.63, 3.8) is 0 Å². The van der Waals surface area contributed by atoms with Crippen LogP contribution < -0.4 is 11.4 Å². The summed E-state index contributed by atoms with van der Waals surface area (Å²) in [6, 6.07) is 6.89. The van der Waals surface area contributed by atoms with Gasteiger partial charge in [0.05, 0.1) is 0 Å². The molecule has 0 saturated carbocycles. The van der Waals surface area contributed by atoms with Crippen molar-refractivity contribution in [3.05, 3.63) is 40.2 Å². The third-order valence-corrected chi connectivity index (χ3v) is 2.24. The Kier molecular flexibility index (Phi) is 2.00. The Morgan fingerprint density at radius 2 is 2.14 bits per heavy atom. The average molecular weight is 189 g/mol. The number of aryl methyl sites for hydroxylation is 1. The molecular weight excluding hydrogens is 178 g/mol. The predicted molar refractivity (Wildman–Crippen MR) is 56.3 cm³/mol. The second-order valence-corrected chi connectivity index (χ2v) is 3.20. The SMILES string of the molecule is CCc1cc(=O)oc2cc(N)ccc12. The molecule has 72 valence electrons. The van der Waals surface area contributed by atoms with Crippen molar-refractivity contribution < 1.29 is 4.42 Å². The van der Waals surface area contributed by atoms with Crippen LogP contribution in [0.15, 0.2) is 33.5 Å². The number of anilines is 1. The second kappa shape index (κ2) is 3.18. The van der Waals surface area contributed by atoms with Crippen LogP contribution in [0, 0.1) is 0 Å². The Morgan fingerprint density at radius 3 is 2.86 bits per heavy atom. The molecule has 0 bridgehead atoms. The molecule has 1 heterocycles. The van der Waals surface area contributed by atoms with Gasteiger partial charge < -0.3 is 10.2 Å². The van der Waals surface area contributed by atoms with E-state index in [0.29, 0.717) is 11.3 Å². The highest BCUT2D eigenvalue weighted by molar-refractivity contribution is 5.82. The lowest BCUT2D eigenvalue weighted by atomic mass is 10.1. The first-order valence-corrected chi connectivity index (χ1v) is 4.53. The fraction of sp³-hybridized carbons (Fsp3) is 0.182. The molecule has 0 unspecified atom stereocenters. The maximum absolute atomic E-state index is 11.2. The highest BCUT2D eigenvalue weighted by Gasteiger charge is 2.03. The quantitative estimate of drug-likeness (QED) is 0.551. The summed E-state index contributed by atoms with van der Waals surface area (Å²) in [5.41, 5.74) is 7.45. The van der Waals surface area contributed by atoms with E-state index in [2.05, 4.69) is 0 Å². The number of nitrogens with two attached hydrogens (primary N) is 1. The fourth-order valence-electron chi connectivity index (χ4n) is 1.54. The van der Waals surface area contributed by atoms with Crippen molar-refractivity contribution >= 4 is 16.7 Å². The third-order valence-electron chi connectivity index (χ3n) is 2.24. The summed E-state index contributed by atoms with van der Waals surface area (Å²) in [4.78, 5) is 11.2. The van der Waals surface area contributed by atoms with Gasteiger partial charge in [-0.25, -0.2) is 4.79 Å². The summed E-state index contributed by atoms with van der Waals surface area (Å²) in [5.74, 6) is 0. The standard InChI is InChI=1S/C11H11NO2/c1-2-7-5-11(13)14-10-6-8(12)3-4-9(7)10/h3-6H,2,12H2,1H3. The molecule has 3 nitrogen and oxygen atoms in total. The van der Waals surface area contributed by atoms with Crippen LogP contribution in [0.1, 0.15) is 12.5 Å². The van der Waals surface area contributed by atoms with Crippen LogP contribution in [-0.4, -0.2) is 0 Å². The zero-order chi connectivity index (χ0) is 10.1. The molecule has 0 spiro atoms. The van der Waals surface area contributed by atoms with Gasteiger partial charge in [-0.1, -0.05) is 6.92 Å². The predicted octanol–water partition coefficient (Wildman–Crippen LogP) is 1.94. The molecule has 0 atom stereocenters. The van der Waals surface area contributed by atoms with Gasteiger partial charge in [0, 0.05) is 23.2 Å². The molecular formula is C11H11NO2. The molecule has 0 aliphatic rings. The fourth-order valence-corrected chi connectivity index (χ4v) is 1.54. The Morgan fingerprint density at radius 1 is 1.36 bits per heavy atom. The van der Waals surface area contributed by atoms with Crippen LogP contribution in [0.25, 0.3) is 11.0 Å². The van der Waals surface area contributed by atoms with Crippen molar-refractivity contribution in [2.75, 3.05) is 5.73 Å². The van der Waals surface area contributed by atoms with Gasteiger partial charge in [-0.2, -0.15) is 0 Å². The number of benzene rings is 1. The van der Waals surface area contributed by atoms with E-state index in [9.17, 15) is 4.79 Å². The Hall–Kier alpha value is -1.77. The number of hydrogen-bond acceptors (Lipinski definition) is 3. The zero-order valence-electron chi connectivity index (χ0n) is 7.91. The van der Waals surface area contributed by atoms with Gasteiger partial charge >= 0.3 is 5.63 Å². The topological polar surface area (TPSA) is 56.2 Å². The van der Waals surface area contributed by atoms with E-state index in [1.165, 1.54) is 6.07 Å². The number of nitrogen functional groups attached to an aromatic ring is 1. The van der Waals surface area contributed by atoms with Crippen molar-refractivity contribution in [2.24, 2.45) is 0 Å². The summed E-state index contributed by atoms with van der Waals surface area (Å²) >= 11 is 0. The van der Waals surface area contributed by atoms with Crippen LogP contribution in [0.2, 0.25) is 0 Å². The molecule has 1 aromatic carbocycles. The summed E-state index contributed by atoms with van der Waals surface area (Å²) in [6.07, 6.45) is 0.812. The first-order chi connectivity index (χ1) is 6.70. The van der Waals surface area contributed by atoms with Gasteiger partial charge in [0.25, 0.3) is 0 Å². The van der Waals surface area contributed by atoms with E-state index in [0.717, 1.165) is 17.4 Å².